The first-order chi connectivity index (χ1) is 17.5. The van der Waals surface area contributed by atoms with E-state index in [1.54, 1.807) is 18.2 Å². The fourth-order valence-corrected chi connectivity index (χ4v) is 4.56. The van der Waals surface area contributed by atoms with E-state index in [2.05, 4.69) is 31.7 Å². The zero-order valence-corrected chi connectivity index (χ0v) is 21.1. The van der Waals surface area contributed by atoms with Gasteiger partial charge in [0.25, 0.3) is 5.56 Å². The number of nitrogen functional groups attached to an aromatic ring is 1. The Balaban J connectivity index is 1.27. The third kappa shape index (κ3) is 4.87. The van der Waals surface area contributed by atoms with Crippen LogP contribution in [0.25, 0.3) is 27.3 Å². The van der Waals surface area contributed by atoms with Crippen LogP contribution in [0.5, 0.6) is 0 Å². The molecule has 8 nitrogen and oxygen atoms in total. The zero-order valence-electron chi connectivity index (χ0n) is 19.5. The molecule has 5 rings (SSSR count). The molecular formula is C27H25BrN6O2. The summed E-state index contributed by atoms with van der Waals surface area (Å²) in [5.41, 5.74) is 8.03. The van der Waals surface area contributed by atoms with E-state index < -0.39 is 0 Å². The SMILES string of the molecule is Nc1ccccc1NC(=O)CCCCCNc1nn2c(=O)c3cc(Br)ccc3nc2c2ccccc12. The first-order valence-electron chi connectivity index (χ1n) is 11.8. The Kier molecular flexibility index (Phi) is 6.81. The molecule has 0 radical (unpaired) electrons. The van der Waals surface area contributed by atoms with Crippen molar-refractivity contribution in [3.63, 3.8) is 0 Å². The van der Waals surface area contributed by atoms with Crippen molar-refractivity contribution in [2.75, 3.05) is 22.9 Å². The summed E-state index contributed by atoms with van der Waals surface area (Å²) >= 11 is 3.43. The van der Waals surface area contributed by atoms with Crippen LogP contribution in [-0.4, -0.2) is 27.0 Å². The topological polar surface area (TPSA) is 114 Å². The number of unbranched alkanes of at least 4 members (excludes halogenated alkanes) is 2. The summed E-state index contributed by atoms with van der Waals surface area (Å²) in [6, 6.07) is 20.5. The Morgan fingerprint density at radius 3 is 2.56 bits per heavy atom. The molecule has 0 aliphatic rings. The summed E-state index contributed by atoms with van der Waals surface area (Å²) in [4.78, 5) is 30.2. The molecule has 0 fully saturated rings. The van der Waals surface area contributed by atoms with Gasteiger partial charge in [0.15, 0.2) is 11.5 Å². The largest absolute Gasteiger partial charge is 0.397 e. The molecule has 0 saturated carbocycles. The maximum Gasteiger partial charge on any atom is 0.282 e. The number of anilines is 3. The highest BCUT2D eigenvalue weighted by molar-refractivity contribution is 9.10. The van der Waals surface area contributed by atoms with Crippen molar-refractivity contribution in [2.24, 2.45) is 0 Å². The van der Waals surface area contributed by atoms with Crippen molar-refractivity contribution in [3.8, 4) is 0 Å². The number of aromatic nitrogens is 3. The highest BCUT2D eigenvalue weighted by Crippen LogP contribution is 2.25. The Morgan fingerprint density at radius 2 is 1.72 bits per heavy atom. The van der Waals surface area contributed by atoms with Crippen molar-refractivity contribution in [1.29, 1.82) is 0 Å². The van der Waals surface area contributed by atoms with Crippen LogP contribution < -0.4 is 21.9 Å². The summed E-state index contributed by atoms with van der Waals surface area (Å²) in [7, 11) is 0. The van der Waals surface area contributed by atoms with Crippen LogP contribution in [0.3, 0.4) is 0 Å². The molecule has 9 heteroatoms. The molecule has 0 aliphatic carbocycles. The Bertz CT molecular complexity index is 1650. The fourth-order valence-electron chi connectivity index (χ4n) is 4.20. The van der Waals surface area contributed by atoms with E-state index in [0.29, 0.717) is 46.7 Å². The number of rotatable bonds is 8. The smallest absolute Gasteiger partial charge is 0.282 e. The number of nitrogens with zero attached hydrogens (tertiary/aromatic N) is 3. The van der Waals surface area contributed by atoms with Gasteiger partial charge in [0.1, 0.15) is 0 Å². The first-order valence-corrected chi connectivity index (χ1v) is 12.6. The van der Waals surface area contributed by atoms with E-state index >= 15 is 0 Å². The molecule has 182 valence electrons. The van der Waals surface area contributed by atoms with E-state index in [9.17, 15) is 9.59 Å². The second-order valence-corrected chi connectivity index (χ2v) is 9.50. The van der Waals surface area contributed by atoms with Crippen molar-refractivity contribution in [3.05, 3.63) is 81.6 Å². The Hall–Kier alpha value is -3.98. The molecule has 2 aromatic heterocycles. The van der Waals surface area contributed by atoms with Crippen molar-refractivity contribution >= 4 is 66.4 Å². The third-order valence-electron chi connectivity index (χ3n) is 6.04. The van der Waals surface area contributed by atoms with E-state index in [1.165, 1.54) is 4.52 Å². The average Bonchev–Trinajstić information content (AvgIpc) is 2.88. The van der Waals surface area contributed by atoms with Crippen LogP contribution in [0.4, 0.5) is 17.2 Å². The minimum Gasteiger partial charge on any atom is -0.397 e. The monoisotopic (exact) mass is 544 g/mol. The molecule has 4 N–H and O–H groups in total. The van der Waals surface area contributed by atoms with Crippen molar-refractivity contribution in [2.45, 2.75) is 25.7 Å². The van der Waals surface area contributed by atoms with Gasteiger partial charge in [0.2, 0.25) is 5.91 Å². The minimum absolute atomic E-state index is 0.0474. The molecule has 1 amide bonds. The lowest BCUT2D eigenvalue weighted by Crippen LogP contribution is -2.20. The molecule has 0 bridgehead atoms. The summed E-state index contributed by atoms with van der Waals surface area (Å²) < 4.78 is 2.19. The van der Waals surface area contributed by atoms with Crippen LogP contribution in [-0.2, 0) is 4.79 Å². The number of benzene rings is 3. The van der Waals surface area contributed by atoms with Gasteiger partial charge in [0.05, 0.1) is 22.3 Å². The maximum atomic E-state index is 13.2. The third-order valence-corrected chi connectivity index (χ3v) is 6.53. The van der Waals surface area contributed by atoms with E-state index in [0.717, 1.165) is 34.5 Å². The number of fused-ring (bicyclic) bond motifs is 4. The average molecular weight is 545 g/mol. The van der Waals surface area contributed by atoms with Gasteiger partial charge in [-0.2, -0.15) is 4.52 Å². The molecule has 0 unspecified atom stereocenters. The van der Waals surface area contributed by atoms with Crippen molar-refractivity contribution < 1.29 is 4.79 Å². The molecule has 3 aromatic carbocycles. The van der Waals surface area contributed by atoms with Crippen LogP contribution in [0.15, 0.2) is 76.0 Å². The van der Waals surface area contributed by atoms with Crippen LogP contribution in [0, 0.1) is 0 Å². The van der Waals surface area contributed by atoms with Gasteiger partial charge < -0.3 is 16.4 Å². The zero-order chi connectivity index (χ0) is 25.1. The number of hydrogen-bond acceptors (Lipinski definition) is 6. The lowest BCUT2D eigenvalue weighted by atomic mass is 10.1. The predicted molar refractivity (Wildman–Crippen MR) is 148 cm³/mol. The Labute approximate surface area is 215 Å². The second-order valence-electron chi connectivity index (χ2n) is 8.58. The van der Waals surface area contributed by atoms with Gasteiger partial charge in [-0.25, -0.2) is 4.98 Å². The minimum atomic E-state index is -0.213. The van der Waals surface area contributed by atoms with E-state index in [4.69, 9.17) is 10.7 Å². The first kappa shape index (κ1) is 23.7. The van der Waals surface area contributed by atoms with Crippen LogP contribution in [0.1, 0.15) is 25.7 Å². The van der Waals surface area contributed by atoms with Gasteiger partial charge in [-0.05, 0) is 43.2 Å². The maximum absolute atomic E-state index is 13.2. The number of carbonyl (C=O) groups excluding carboxylic acids is 1. The molecule has 2 heterocycles. The quantitative estimate of drug-likeness (QED) is 0.105. The molecule has 5 aromatic rings. The molecular weight excluding hydrogens is 520 g/mol. The lowest BCUT2D eigenvalue weighted by molar-refractivity contribution is -0.116. The second kappa shape index (κ2) is 10.3. The van der Waals surface area contributed by atoms with Crippen LogP contribution >= 0.6 is 15.9 Å². The standard InChI is InChI=1S/C27H25BrN6O2/c28-17-13-14-22-20(16-17)27(36)34-26(32-22)19-9-4-3-8-18(19)25(33-34)30-15-7-1-2-12-24(35)31-23-11-6-5-10-21(23)29/h3-6,8-11,13-14,16H,1-2,7,12,15,29H2,(H,30,33)(H,31,35). The van der Waals surface area contributed by atoms with E-state index in [1.807, 2.05) is 48.5 Å². The lowest BCUT2D eigenvalue weighted by Gasteiger charge is -2.12. The van der Waals surface area contributed by atoms with E-state index in [-0.39, 0.29) is 11.5 Å². The van der Waals surface area contributed by atoms with Crippen LogP contribution in [0.2, 0.25) is 0 Å². The fraction of sp³-hybridized carbons (Fsp3) is 0.185. The number of carbonyl (C=O) groups is 1. The van der Waals surface area contributed by atoms with Gasteiger partial charge in [-0.3, -0.25) is 9.59 Å². The molecule has 0 atom stereocenters. The Morgan fingerprint density at radius 1 is 0.944 bits per heavy atom. The van der Waals surface area contributed by atoms with Gasteiger partial charge in [0, 0.05) is 28.2 Å². The van der Waals surface area contributed by atoms with Gasteiger partial charge >= 0.3 is 0 Å². The number of hydrogen-bond donors (Lipinski definition) is 3. The molecule has 0 spiro atoms. The highest BCUT2D eigenvalue weighted by Gasteiger charge is 2.13. The number of para-hydroxylation sites is 2. The van der Waals surface area contributed by atoms with Gasteiger partial charge in [-0.1, -0.05) is 58.7 Å². The van der Waals surface area contributed by atoms with Gasteiger partial charge in [-0.15, -0.1) is 5.10 Å². The molecule has 36 heavy (non-hydrogen) atoms. The predicted octanol–water partition coefficient (Wildman–Crippen LogP) is 5.35. The molecule has 0 aliphatic heterocycles. The summed E-state index contributed by atoms with van der Waals surface area (Å²) in [6.45, 7) is 0.664. The number of halogens is 1. The summed E-state index contributed by atoms with van der Waals surface area (Å²) in [6.07, 6.45) is 2.91. The van der Waals surface area contributed by atoms with Crippen molar-refractivity contribution in [1.82, 2.24) is 14.6 Å². The summed E-state index contributed by atoms with van der Waals surface area (Å²) in [5.74, 6) is 0.586. The molecule has 0 saturated heterocycles. The number of nitrogens with one attached hydrogen (secondary N) is 2. The normalized spacial score (nSPS) is 11.2. The number of amides is 1. The summed E-state index contributed by atoms with van der Waals surface area (Å²) in [5, 5.41) is 13.1. The number of nitrogens with two attached hydrogens (primary N) is 1. The highest BCUT2D eigenvalue weighted by atomic mass is 79.9.